The van der Waals surface area contributed by atoms with Gasteiger partial charge in [0.25, 0.3) is 0 Å². The van der Waals surface area contributed by atoms with E-state index < -0.39 is 0 Å². The Hall–Kier alpha value is -2.75. The van der Waals surface area contributed by atoms with Crippen molar-refractivity contribution in [2.24, 2.45) is 12.0 Å². The van der Waals surface area contributed by atoms with Gasteiger partial charge in [-0.25, -0.2) is 14.7 Å². The molecule has 3 aromatic heterocycles. The van der Waals surface area contributed by atoms with Crippen molar-refractivity contribution in [3.63, 3.8) is 0 Å². The van der Waals surface area contributed by atoms with Crippen LogP contribution in [0.2, 0.25) is 0 Å². The van der Waals surface area contributed by atoms with Crippen molar-refractivity contribution >= 4 is 17.3 Å². The number of thiophene rings is 1. The summed E-state index contributed by atoms with van der Waals surface area (Å²) < 4.78 is 4.02. The molecule has 9 nitrogen and oxygen atoms in total. The molecule has 0 amide bonds. The van der Waals surface area contributed by atoms with E-state index in [-0.39, 0.29) is 6.04 Å². The number of aliphatic imine (C=N–C) groups is 1. The van der Waals surface area contributed by atoms with Gasteiger partial charge in [-0.3, -0.25) is 0 Å². The number of aryl methyl sites for hydroxylation is 2. The summed E-state index contributed by atoms with van der Waals surface area (Å²) in [6, 6.07) is 4.51. The second-order valence-corrected chi connectivity index (χ2v) is 9.28. The highest BCUT2D eigenvalue weighted by atomic mass is 32.1. The summed E-state index contributed by atoms with van der Waals surface area (Å²) >= 11 is 1.78. The van der Waals surface area contributed by atoms with E-state index in [0.717, 1.165) is 61.6 Å². The molecule has 10 heteroatoms. The average Bonchev–Trinajstić information content (AvgIpc) is 3.48. The molecule has 31 heavy (non-hydrogen) atoms. The molecule has 0 bridgehead atoms. The second-order valence-electron chi connectivity index (χ2n) is 8.25. The minimum absolute atomic E-state index is 0.253. The number of nitrogens with zero attached hydrogens (tertiary/aromatic N) is 7. The maximum Gasteiger partial charge on any atom is 0.192 e. The lowest BCUT2D eigenvalue weighted by Crippen LogP contribution is -2.47. The standard InChI is InChI=1S/C21H31N9S/c1-14(2)20-25-18-8-7-16(13-30(18)28-20)24-21(22-10-9-17-6-5-11-31-17)23-12-19-27-26-15(3)29(19)4/h5-6,11,14,16H,7-10,12-13H2,1-4H3,(H2,22,23,24). The molecule has 1 aliphatic heterocycles. The maximum absolute atomic E-state index is 4.80. The highest BCUT2D eigenvalue weighted by molar-refractivity contribution is 7.09. The van der Waals surface area contributed by atoms with Gasteiger partial charge in [-0.2, -0.15) is 5.10 Å². The molecule has 0 aromatic carbocycles. The Kier molecular flexibility index (Phi) is 6.64. The van der Waals surface area contributed by atoms with Crippen LogP contribution in [0.3, 0.4) is 0 Å². The molecule has 4 rings (SSSR count). The van der Waals surface area contributed by atoms with E-state index in [1.807, 2.05) is 23.2 Å². The number of hydrogen-bond donors (Lipinski definition) is 2. The fourth-order valence-electron chi connectivity index (χ4n) is 3.53. The summed E-state index contributed by atoms with van der Waals surface area (Å²) in [6.45, 7) is 8.31. The average molecular weight is 442 g/mol. The number of aromatic nitrogens is 6. The lowest BCUT2D eigenvalue weighted by Gasteiger charge is -2.25. The van der Waals surface area contributed by atoms with E-state index in [9.17, 15) is 0 Å². The molecule has 1 atom stereocenters. The molecule has 166 valence electrons. The quantitative estimate of drug-likeness (QED) is 0.431. The Labute approximate surface area is 187 Å². The van der Waals surface area contributed by atoms with Crippen LogP contribution in [-0.2, 0) is 33.0 Å². The molecule has 0 radical (unpaired) electrons. The topological polar surface area (TPSA) is 97.8 Å². The van der Waals surface area contributed by atoms with Crippen molar-refractivity contribution in [3.8, 4) is 0 Å². The minimum atomic E-state index is 0.253. The van der Waals surface area contributed by atoms with E-state index in [0.29, 0.717) is 12.5 Å². The van der Waals surface area contributed by atoms with Crippen molar-refractivity contribution in [2.75, 3.05) is 6.54 Å². The summed E-state index contributed by atoms with van der Waals surface area (Å²) in [5.74, 6) is 4.89. The third-order valence-corrected chi connectivity index (χ3v) is 6.47. The Morgan fingerprint density at radius 3 is 2.94 bits per heavy atom. The van der Waals surface area contributed by atoms with E-state index in [4.69, 9.17) is 15.1 Å². The molecule has 0 aliphatic carbocycles. The largest absolute Gasteiger partial charge is 0.356 e. The van der Waals surface area contributed by atoms with Gasteiger partial charge in [-0.15, -0.1) is 21.5 Å². The molecule has 1 aliphatic rings. The van der Waals surface area contributed by atoms with E-state index in [2.05, 4.69) is 52.2 Å². The molecule has 4 heterocycles. The summed E-state index contributed by atoms with van der Waals surface area (Å²) in [5.41, 5.74) is 0. The van der Waals surface area contributed by atoms with Gasteiger partial charge in [0, 0.05) is 36.9 Å². The molecular formula is C21H31N9S. The number of rotatable bonds is 7. The summed E-state index contributed by atoms with van der Waals surface area (Å²) in [7, 11) is 1.97. The van der Waals surface area contributed by atoms with Crippen molar-refractivity contribution in [1.82, 2.24) is 40.2 Å². The first-order valence-electron chi connectivity index (χ1n) is 10.9. The zero-order valence-corrected chi connectivity index (χ0v) is 19.5. The van der Waals surface area contributed by atoms with Gasteiger partial charge in [0.05, 0.1) is 6.54 Å². The minimum Gasteiger partial charge on any atom is -0.356 e. The maximum atomic E-state index is 4.80. The molecule has 0 saturated carbocycles. The van der Waals surface area contributed by atoms with Crippen molar-refractivity contribution in [1.29, 1.82) is 0 Å². The lowest BCUT2D eigenvalue weighted by molar-refractivity contribution is 0.391. The number of hydrogen-bond acceptors (Lipinski definition) is 6. The molecule has 0 fully saturated rings. The smallest absolute Gasteiger partial charge is 0.192 e. The third kappa shape index (κ3) is 5.30. The van der Waals surface area contributed by atoms with Gasteiger partial charge < -0.3 is 15.2 Å². The summed E-state index contributed by atoms with van der Waals surface area (Å²) in [4.78, 5) is 10.9. The zero-order chi connectivity index (χ0) is 21.8. The first kappa shape index (κ1) is 21.5. The van der Waals surface area contributed by atoms with Gasteiger partial charge in [-0.05, 0) is 31.2 Å². The number of guanidine groups is 1. The van der Waals surface area contributed by atoms with Crippen LogP contribution >= 0.6 is 11.3 Å². The van der Waals surface area contributed by atoms with E-state index >= 15 is 0 Å². The van der Waals surface area contributed by atoms with Gasteiger partial charge in [0.2, 0.25) is 0 Å². The first-order chi connectivity index (χ1) is 15.0. The van der Waals surface area contributed by atoms with Crippen LogP contribution in [0.25, 0.3) is 0 Å². The third-order valence-electron chi connectivity index (χ3n) is 5.54. The summed E-state index contributed by atoms with van der Waals surface area (Å²) in [6.07, 6.45) is 2.89. The fraction of sp³-hybridized carbons (Fsp3) is 0.571. The molecular weight excluding hydrogens is 410 g/mol. The Balaban J connectivity index is 1.42. The SMILES string of the molecule is Cc1nnc(CN=C(NCCc2cccs2)NC2CCc3nc(C(C)C)nn3C2)n1C. The lowest BCUT2D eigenvalue weighted by atomic mass is 10.1. The molecule has 0 spiro atoms. The van der Waals surface area contributed by atoms with Crippen molar-refractivity contribution < 1.29 is 0 Å². The highest BCUT2D eigenvalue weighted by Gasteiger charge is 2.23. The van der Waals surface area contributed by atoms with Crippen LogP contribution in [-0.4, -0.2) is 48.1 Å². The van der Waals surface area contributed by atoms with Crippen molar-refractivity contribution in [3.05, 3.63) is 45.7 Å². The first-order valence-corrected chi connectivity index (χ1v) is 11.7. The normalized spacial score (nSPS) is 16.5. The number of fused-ring (bicyclic) bond motifs is 1. The predicted octanol–water partition coefficient (Wildman–Crippen LogP) is 2.19. The van der Waals surface area contributed by atoms with E-state index in [1.54, 1.807) is 11.3 Å². The van der Waals surface area contributed by atoms with Crippen LogP contribution in [0.4, 0.5) is 0 Å². The number of nitrogens with one attached hydrogen (secondary N) is 2. The van der Waals surface area contributed by atoms with Crippen LogP contribution in [0.1, 0.15) is 54.4 Å². The second kappa shape index (κ2) is 9.59. The van der Waals surface area contributed by atoms with Crippen molar-refractivity contribution in [2.45, 2.75) is 65.1 Å². The molecule has 0 saturated heterocycles. The zero-order valence-electron chi connectivity index (χ0n) is 18.7. The summed E-state index contributed by atoms with van der Waals surface area (Å²) in [5, 5.41) is 22.3. The van der Waals surface area contributed by atoms with Gasteiger partial charge in [0.1, 0.15) is 18.2 Å². The van der Waals surface area contributed by atoms with Crippen LogP contribution in [0.5, 0.6) is 0 Å². The van der Waals surface area contributed by atoms with Crippen LogP contribution in [0.15, 0.2) is 22.5 Å². The van der Waals surface area contributed by atoms with Gasteiger partial charge in [-0.1, -0.05) is 19.9 Å². The van der Waals surface area contributed by atoms with Gasteiger partial charge in [0.15, 0.2) is 17.6 Å². The monoisotopic (exact) mass is 441 g/mol. The molecule has 2 N–H and O–H groups in total. The van der Waals surface area contributed by atoms with E-state index in [1.165, 1.54) is 4.88 Å². The Bertz CT molecular complexity index is 1020. The van der Waals surface area contributed by atoms with Crippen LogP contribution < -0.4 is 10.6 Å². The Morgan fingerprint density at radius 1 is 1.35 bits per heavy atom. The highest BCUT2D eigenvalue weighted by Crippen LogP contribution is 2.17. The van der Waals surface area contributed by atoms with Crippen LogP contribution in [0, 0.1) is 6.92 Å². The fourth-order valence-corrected chi connectivity index (χ4v) is 4.24. The Morgan fingerprint density at radius 2 is 2.23 bits per heavy atom. The molecule has 3 aromatic rings. The predicted molar refractivity (Wildman–Crippen MR) is 122 cm³/mol. The van der Waals surface area contributed by atoms with Gasteiger partial charge >= 0.3 is 0 Å². The molecule has 1 unspecified atom stereocenters.